The number of hydrogen-bond acceptors (Lipinski definition) is 9. The number of aliphatic hydroxyl groups excluding tert-OH is 1. The Hall–Kier alpha value is -3.19. The van der Waals surface area contributed by atoms with E-state index in [-0.39, 0.29) is 25.7 Å². The van der Waals surface area contributed by atoms with Crippen LogP contribution in [-0.2, 0) is 27.5 Å². The van der Waals surface area contributed by atoms with Crippen LogP contribution in [0.1, 0.15) is 36.8 Å². The third-order valence-corrected chi connectivity index (χ3v) is 6.17. The number of benzene rings is 1. The van der Waals surface area contributed by atoms with Crippen LogP contribution in [0.4, 0.5) is 4.79 Å². The minimum Gasteiger partial charge on any atom is -0.445 e. The van der Waals surface area contributed by atoms with E-state index in [9.17, 15) is 9.59 Å². The average molecular weight is 531 g/mol. The van der Waals surface area contributed by atoms with E-state index in [0.717, 1.165) is 5.56 Å². The molecule has 2 aromatic heterocycles. The Balaban J connectivity index is 1.69. The van der Waals surface area contributed by atoms with Gasteiger partial charge in [0.1, 0.15) is 12.6 Å². The van der Waals surface area contributed by atoms with E-state index in [1.54, 1.807) is 48.3 Å². The zero-order valence-corrected chi connectivity index (χ0v) is 21.9. The molecular weight excluding hydrogens is 496 g/mol. The summed E-state index contributed by atoms with van der Waals surface area (Å²) in [5.74, 6) is 1.42. The zero-order chi connectivity index (χ0) is 26.7. The van der Waals surface area contributed by atoms with E-state index in [0.29, 0.717) is 41.7 Å². The van der Waals surface area contributed by atoms with Crippen molar-refractivity contribution < 1.29 is 24.2 Å². The molecule has 3 aromatic rings. The maximum atomic E-state index is 12.7. The number of aliphatic hydroxyl groups is 1. The monoisotopic (exact) mass is 530 g/mol. The number of aromatic nitrogens is 3. The molecule has 0 saturated heterocycles. The van der Waals surface area contributed by atoms with Crippen LogP contribution in [0.25, 0.3) is 5.65 Å². The van der Waals surface area contributed by atoms with Crippen molar-refractivity contribution >= 4 is 29.4 Å². The van der Waals surface area contributed by atoms with Gasteiger partial charge in [-0.1, -0.05) is 36.4 Å². The van der Waals surface area contributed by atoms with Crippen molar-refractivity contribution in [2.24, 2.45) is 5.73 Å². The lowest BCUT2D eigenvalue weighted by atomic mass is 10.1. The van der Waals surface area contributed by atoms with Crippen LogP contribution in [0.5, 0.6) is 0 Å². The second kappa shape index (κ2) is 13.9. The summed E-state index contributed by atoms with van der Waals surface area (Å²) in [5.41, 5.74) is 7.19. The topological polar surface area (TPSA) is 153 Å². The van der Waals surface area contributed by atoms with Crippen LogP contribution in [0.2, 0.25) is 0 Å². The molecule has 200 valence electrons. The van der Waals surface area contributed by atoms with Gasteiger partial charge in [0.15, 0.2) is 11.5 Å². The smallest absolute Gasteiger partial charge is 0.407 e. The third kappa shape index (κ3) is 9.01. The van der Waals surface area contributed by atoms with E-state index in [1.165, 1.54) is 0 Å². The summed E-state index contributed by atoms with van der Waals surface area (Å²) >= 11 is 1.54. The van der Waals surface area contributed by atoms with E-state index in [4.69, 9.17) is 20.3 Å². The molecule has 3 rings (SSSR count). The Labute approximate surface area is 220 Å². The molecule has 0 spiro atoms. The summed E-state index contributed by atoms with van der Waals surface area (Å²) in [7, 11) is 0. The highest BCUT2D eigenvalue weighted by Crippen LogP contribution is 2.17. The average Bonchev–Trinajstić information content (AvgIpc) is 3.30. The molecule has 2 amide bonds. The van der Waals surface area contributed by atoms with Crippen LogP contribution >= 0.6 is 11.8 Å². The van der Waals surface area contributed by atoms with Crippen molar-refractivity contribution in [1.29, 1.82) is 0 Å². The third-order valence-electron chi connectivity index (χ3n) is 5.21. The van der Waals surface area contributed by atoms with Gasteiger partial charge in [-0.05, 0) is 25.5 Å². The number of pyridine rings is 1. The fourth-order valence-electron chi connectivity index (χ4n) is 3.26. The van der Waals surface area contributed by atoms with Crippen LogP contribution in [0, 0.1) is 0 Å². The van der Waals surface area contributed by atoms with Crippen molar-refractivity contribution in [2.45, 2.75) is 38.6 Å². The van der Waals surface area contributed by atoms with Crippen molar-refractivity contribution in [3.8, 4) is 0 Å². The van der Waals surface area contributed by atoms with Gasteiger partial charge in [-0.2, -0.15) is 11.8 Å². The molecule has 5 N–H and O–H groups in total. The Kier molecular flexibility index (Phi) is 10.7. The lowest BCUT2D eigenvalue weighted by molar-refractivity contribution is -0.126. The SMILES string of the molecule is CC(C)(N)C(=O)N[C@H](COCc1ccccc1)c1nnc2ccc(COC(=O)NCCSCCO)cn12. The maximum absolute atomic E-state index is 12.7. The first-order valence-electron chi connectivity index (χ1n) is 11.9. The molecule has 2 heterocycles. The molecule has 0 saturated carbocycles. The highest BCUT2D eigenvalue weighted by Gasteiger charge is 2.28. The molecule has 0 aliphatic rings. The number of alkyl carbamates (subject to hydrolysis) is 1. The predicted molar refractivity (Wildman–Crippen MR) is 141 cm³/mol. The van der Waals surface area contributed by atoms with Crippen molar-refractivity contribution in [3.05, 3.63) is 65.6 Å². The molecule has 1 atom stereocenters. The van der Waals surface area contributed by atoms with E-state index in [2.05, 4.69) is 20.8 Å². The van der Waals surface area contributed by atoms with Gasteiger partial charge in [-0.25, -0.2) is 4.79 Å². The number of fused-ring (bicyclic) bond motifs is 1. The normalized spacial score (nSPS) is 12.3. The highest BCUT2D eigenvalue weighted by atomic mass is 32.2. The van der Waals surface area contributed by atoms with Crippen LogP contribution in [-0.4, -0.2) is 68.5 Å². The molecule has 0 aliphatic carbocycles. The summed E-state index contributed by atoms with van der Waals surface area (Å²) in [6.45, 7) is 4.35. The summed E-state index contributed by atoms with van der Waals surface area (Å²) in [6, 6.07) is 12.6. The maximum Gasteiger partial charge on any atom is 0.407 e. The van der Waals surface area contributed by atoms with Gasteiger partial charge in [-0.15, -0.1) is 10.2 Å². The minimum atomic E-state index is -1.10. The highest BCUT2D eigenvalue weighted by molar-refractivity contribution is 7.99. The number of amides is 2. The Morgan fingerprint density at radius 3 is 2.62 bits per heavy atom. The lowest BCUT2D eigenvalue weighted by Gasteiger charge is -2.23. The number of thioether (sulfide) groups is 1. The number of nitrogens with two attached hydrogens (primary N) is 1. The number of nitrogens with zero attached hydrogens (tertiary/aromatic N) is 3. The first kappa shape index (κ1) is 28.4. The second-order valence-electron chi connectivity index (χ2n) is 8.91. The van der Waals surface area contributed by atoms with Crippen LogP contribution in [0.15, 0.2) is 48.7 Å². The molecule has 0 unspecified atom stereocenters. The largest absolute Gasteiger partial charge is 0.445 e. The van der Waals surface area contributed by atoms with Gasteiger partial charge in [-0.3, -0.25) is 9.20 Å². The molecule has 0 fully saturated rings. The summed E-state index contributed by atoms with van der Waals surface area (Å²) in [5, 5.41) is 22.9. The fourth-order valence-corrected chi connectivity index (χ4v) is 3.84. The standard InChI is InChI=1S/C25H34N6O5S/c1-25(2,26)23(33)28-20(17-35-15-18-6-4-3-5-7-18)22-30-29-21-9-8-19(14-31(21)22)16-36-24(34)27-10-12-37-13-11-32/h3-9,14,20,32H,10-13,15-17,26H2,1-2H3,(H,27,34)(H,28,33)/t20-/m1/s1. The minimum absolute atomic E-state index is 0.0422. The fraction of sp³-hybridized carbons (Fsp3) is 0.440. The summed E-state index contributed by atoms with van der Waals surface area (Å²) in [6.07, 6.45) is 1.23. The summed E-state index contributed by atoms with van der Waals surface area (Å²) in [4.78, 5) is 24.7. The van der Waals surface area contributed by atoms with Crippen molar-refractivity contribution in [2.75, 3.05) is 31.3 Å². The zero-order valence-electron chi connectivity index (χ0n) is 21.1. The molecular formula is C25H34N6O5S. The van der Waals surface area contributed by atoms with Crippen LogP contribution in [0.3, 0.4) is 0 Å². The number of hydrogen-bond donors (Lipinski definition) is 4. The quantitative estimate of drug-likeness (QED) is 0.229. The molecule has 0 aliphatic heterocycles. The van der Waals surface area contributed by atoms with Gasteiger partial charge < -0.3 is 30.9 Å². The number of rotatable bonds is 14. The number of nitrogens with one attached hydrogen (secondary N) is 2. The number of carbonyl (C=O) groups excluding carboxylic acids is 2. The van der Waals surface area contributed by atoms with Gasteiger partial charge >= 0.3 is 6.09 Å². The lowest BCUT2D eigenvalue weighted by Crippen LogP contribution is -2.50. The molecule has 12 heteroatoms. The van der Waals surface area contributed by atoms with E-state index in [1.807, 2.05) is 30.3 Å². The molecule has 0 radical (unpaired) electrons. The van der Waals surface area contributed by atoms with Gasteiger partial charge in [0, 0.05) is 29.8 Å². The van der Waals surface area contributed by atoms with Gasteiger partial charge in [0.25, 0.3) is 0 Å². The van der Waals surface area contributed by atoms with Crippen molar-refractivity contribution in [1.82, 2.24) is 25.2 Å². The predicted octanol–water partition coefficient (Wildman–Crippen LogP) is 1.79. The Morgan fingerprint density at radius 1 is 1.11 bits per heavy atom. The molecule has 37 heavy (non-hydrogen) atoms. The second-order valence-corrected chi connectivity index (χ2v) is 10.1. The van der Waals surface area contributed by atoms with Gasteiger partial charge in [0.05, 0.1) is 25.4 Å². The number of carbonyl (C=O) groups is 2. The summed E-state index contributed by atoms with van der Waals surface area (Å²) < 4.78 is 13.0. The molecule has 0 bridgehead atoms. The Bertz CT molecular complexity index is 1150. The first-order chi connectivity index (χ1) is 17.8. The first-order valence-corrected chi connectivity index (χ1v) is 13.1. The van der Waals surface area contributed by atoms with Crippen molar-refractivity contribution in [3.63, 3.8) is 0 Å². The van der Waals surface area contributed by atoms with E-state index >= 15 is 0 Å². The van der Waals surface area contributed by atoms with Gasteiger partial charge in [0.2, 0.25) is 5.91 Å². The number of ether oxygens (including phenoxy) is 2. The molecule has 1 aromatic carbocycles. The molecule has 11 nitrogen and oxygen atoms in total. The van der Waals surface area contributed by atoms with E-state index < -0.39 is 17.7 Å². The van der Waals surface area contributed by atoms with Crippen LogP contribution < -0.4 is 16.4 Å². The Morgan fingerprint density at radius 2 is 1.89 bits per heavy atom.